The van der Waals surface area contributed by atoms with Crippen molar-refractivity contribution in [2.75, 3.05) is 11.9 Å². The highest BCUT2D eigenvalue weighted by Gasteiger charge is 2.35. The monoisotopic (exact) mass is 302 g/mol. The van der Waals surface area contributed by atoms with E-state index in [1.165, 1.54) is 0 Å². The Morgan fingerprint density at radius 3 is 2.50 bits per heavy atom. The molecule has 2 nitrogen and oxygen atoms in total. The van der Waals surface area contributed by atoms with Crippen molar-refractivity contribution >= 4 is 44.8 Å². The zero-order valence-corrected chi connectivity index (χ0v) is 10.2. The van der Waals surface area contributed by atoms with Crippen LogP contribution in [-0.4, -0.2) is 18.0 Å². The quantitative estimate of drug-likeness (QED) is 0.572. The largest absolute Gasteiger partial charge is 0.371 e. The van der Waals surface area contributed by atoms with Crippen molar-refractivity contribution < 1.29 is 17.8 Å². The fourth-order valence-corrected chi connectivity index (χ4v) is 2.64. The van der Waals surface area contributed by atoms with Gasteiger partial charge in [0.2, 0.25) is 0 Å². The summed E-state index contributed by atoms with van der Waals surface area (Å²) in [6, 6.07) is 0. The van der Waals surface area contributed by atoms with E-state index in [1.54, 1.807) is 6.92 Å². The van der Waals surface area contributed by atoms with Crippen LogP contribution in [0.4, 0.5) is 8.78 Å². The van der Waals surface area contributed by atoms with E-state index in [0.717, 1.165) is 0 Å². The second kappa shape index (κ2) is 5.17. The number of halogens is 4. The van der Waals surface area contributed by atoms with Crippen molar-refractivity contribution in [2.24, 2.45) is 0 Å². The molecule has 0 fully saturated rings. The zero-order valence-electron chi connectivity index (χ0n) is 6.10. The summed E-state index contributed by atoms with van der Waals surface area (Å²) in [5, 5.41) is -0.655. The predicted octanol–water partition coefficient (Wildman–Crippen LogP) is 3.49. The summed E-state index contributed by atoms with van der Waals surface area (Å²) in [6.07, 6.45) is -3.37. The molecule has 0 amide bonds. The Kier molecular flexibility index (Phi) is 5.69. The molecule has 0 aliphatic heterocycles. The van der Waals surface area contributed by atoms with E-state index in [1.807, 2.05) is 0 Å². The van der Waals surface area contributed by atoms with Crippen molar-refractivity contribution in [3.05, 3.63) is 0 Å². The van der Waals surface area contributed by atoms with Gasteiger partial charge in [-0.15, -0.1) is 0 Å². The molecule has 0 aliphatic carbocycles. The lowest BCUT2D eigenvalue weighted by atomic mass is 10.8. The molecule has 1 atom stereocenters. The van der Waals surface area contributed by atoms with Crippen molar-refractivity contribution in [2.45, 2.75) is 13.0 Å². The molecular weight excluding hydrogens is 296 g/mol. The maximum absolute atomic E-state index is 12.5. The summed E-state index contributed by atoms with van der Waals surface area (Å²) < 4.78 is 33.7. The Morgan fingerprint density at radius 1 is 1.67 bits per heavy atom. The fourth-order valence-electron chi connectivity index (χ4n) is 0.364. The van der Waals surface area contributed by atoms with E-state index in [9.17, 15) is 8.78 Å². The van der Waals surface area contributed by atoms with Crippen molar-refractivity contribution in [1.29, 1.82) is 0 Å². The minimum absolute atomic E-state index is 0.152. The van der Waals surface area contributed by atoms with E-state index < -0.39 is 17.3 Å². The van der Waals surface area contributed by atoms with Gasteiger partial charge in [0.15, 0.2) is 0 Å². The molecule has 0 aliphatic rings. The van der Waals surface area contributed by atoms with Gasteiger partial charge in [-0.2, -0.15) is 8.78 Å². The number of rotatable bonds is 5. The molecule has 74 valence electrons. The lowest BCUT2D eigenvalue weighted by Gasteiger charge is -2.19. The number of alkyl halides is 3. The first kappa shape index (κ1) is 13.2. The third kappa shape index (κ3) is 5.78. The predicted molar refractivity (Wildman–Crippen MR) is 51.6 cm³/mol. The Bertz CT molecular complexity index is 194. The second-order valence-corrected chi connectivity index (χ2v) is 6.95. The Balaban J connectivity index is 4.14. The molecule has 0 aromatic rings. The third-order valence-electron chi connectivity index (χ3n) is 0.681. The first-order valence-corrected chi connectivity index (χ1v) is 7.58. The maximum Gasteiger partial charge on any atom is 0.371 e. The fraction of sp³-hybridized carbons (Fsp3) is 1.00. The average molecular weight is 303 g/mol. The van der Waals surface area contributed by atoms with Gasteiger partial charge in [-0.1, -0.05) is 15.9 Å². The smallest absolute Gasteiger partial charge is 0.318 e. The molecule has 0 aromatic carbocycles. The molecule has 0 N–H and O–H groups in total. The number of hydrogen-bond donors (Lipinski definition) is 0. The normalized spacial score (nSPS) is 17.4. The maximum atomic E-state index is 12.5. The minimum atomic E-state index is -3.37. The van der Waals surface area contributed by atoms with Gasteiger partial charge in [-0.25, -0.2) is 0 Å². The van der Waals surface area contributed by atoms with Gasteiger partial charge in [0.05, 0.1) is 11.9 Å². The summed E-state index contributed by atoms with van der Waals surface area (Å²) >= 11 is 12.4. The summed E-state index contributed by atoms with van der Waals surface area (Å²) in [5.74, 6) is -3.31. The van der Waals surface area contributed by atoms with E-state index in [4.69, 9.17) is 11.2 Å². The van der Waals surface area contributed by atoms with Crippen LogP contribution in [0, 0.1) is 0 Å². The second-order valence-electron chi connectivity index (χ2n) is 1.71. The molecule has 0 saturated heterocycles. The molecule has 12 heavy (non-hydrogen) atoms. The highest BCUT2D eigenvalue weighted by atomic mass is 79.9. The first-order chi connectivity index (χ1) is 5.33. The van der Waals surface area contributed by atoms with Crippen LogP contribution >= 0.6 is 33.0 Å². The van der Waals surface area contributed by atoms with E-state index >= 15 is 0 Å². The van der Waals surface area contributed by atoms with Gasteiger partial charge in [0, 0.05) is 0 Å². The topological polar surface area (TPSA) is 18.5 Å². The molecule has 0 radical (unpaired) electrons. The van der Waals surface area contributed by atoms with Crippen LogP contribution in [0.15, 0.2) is 0 Å². The Morgan fingerprint density at radius 2 is 2.17 bits per heavy atom. The summed E-state index contributed by atoms with van der Waals surface area (Å²) in [5.41, 5.74) is 0. The molecule has 0 aromatic heterocycles. The van der Waals surface area contributed by atoms with Crippen molar-refractivity contribution in [3.8, 4) is 0 Å². The van der Waals surface area contributed by atoms with Crippen LogP contribution in [-0.2, 0) is 20.9 Å². The van der Waals surface area contributed by atoms with Crippen LogP contribution in [0.3, 0.4) is 0 Å². The molecule has 0 rings (SSSR count). The van der Waals surface area contributed by atoms with E-state index in [-0.39, 0.29) is 6.61 Å². The van der Waals surface area contributed by atoms with E-state index in [2.05, 4.69) is 36.8 Å². The lowest BCUT2D eigenvalue weighted by Crippen LogP contribution is -2.20. The van der Waals surface area contributed by atoms with Crippen LogP contribution in [0.5, 0.6) is 0 Å². The van der Waals surface area contributed by atoms with Gasteiger partial charge in [0.25, 0.3) is 5.84 Å². The lowest BCUT2D eigenvalue weighted by molar-refractivity contribution is -0.152. The van der Waals surface area contributed by atoms with E-state index in [0.29, 0.717) is 0 Å². The van der Waals surface area contributed by atoms with Gasteiger partial charge in [-0.3, -0.25) is 4.52 Å². The van der Waals surface area contributed by atoms with Gasteiger partial charge >= 0.3 is 6.11 Å². The molecule has 1 unspecified atom stereocenters. The SMILES string of the molecule is CCOP(=S)(Cl)OC(F)(F)CBr. The van der Waals surface area contributed by atoms with Gasteiger partial charge < -0.3 is 4.52 Å². The average Bonchev–Trinajstić information content (AvgIpc) is 1.85. The highest BCUT2D eigenvalue weighted by molar-refractivity contribution is 9.09. The molecular formula is C4H7BrClF2O2PS. The molecule has 8 heteroatoms. The van der Waals surface area contributed by atoms with Gasteiger partial charge in [-0.05, 0) is 30.0 Å². The third-order valence-corrected chi connectivity index (χ3v) is 3.43. The van der Waals surface area contributed by atoms with Crippen LogP contribution in [0.2, 0.25) is 0 Å². The van der Waals surface area contributed by atoms with Crippen LogP contribution < -0.4 is 0 Å². The molecule has 0 heterocycles. The van der Waals surface area contributed by atoms with Crippen molar-refractivity contribution in [3.63, 3.8) is 0 Å². The summed E-state index contributed by atoms with van der Waals surface area (Å²) in [6.45, 7) is 1.75. The summed E-state index contributed by atoms with van der Waals surface area (Å²) in [7, 11) is 0. The highest BCUT2D eigenvalue weighted by Crippen LogP contribution is 2.57. The molecule has 0 saturated carbocycles. The van der Waals surface area contributed by atoms with Crippen molar-refractivity contribution in [1.82, 2.24) is 0 Å². The zero-order chi connectivity index (χ0) is 9.83. The van der Waals surface area contributed by atoms with Gasteiger partial charge in [0.1, 0.15) is 0 Å². The summed E-state index contributed by atoms with van der Waals surface area (Å²) in [4.78, 5) is 0. The Labute approximate surface area is 87.6 Å². The standard InChI is InChI=1S/C4H7BrClF2O2PS/c1-2-9-11(6,12)10-4(7,8)3-5/h2-3H2,1H3. The van der Waals surface area contributed by atoms with Crippen LogP contribution in [0.25, 0.3) is 0 Å². The first-order valence-electron chi connectivity index (χ1n) is 2.92. The minimum Gasteiger partial charge on any atom is -0.318 e. The Hall–Kier alpha value is 1.20. The number of hydrogen-bond acceptors (Lipinski definition) is 3. The van der Waals surface area contributed by atoms with Crippen LogP contribution in [0.1, 0.15) is 6.92 Å². The molecule has 0 spiro atoms. The molecule has 0 bridgehead atoms.